The van der Waals surface area contributed by atoms with Crippen LogP contribution in [0.3, 0.4) is 0 Å². The van der Waals surface area contributed by atoms with Gasteiger partial charge in [-0.1, -0.05) is 36.9 Å². The van der Waals surface area contributed by atoms with Gasteiger partial charge in [-0.05, 0) is 34.8 Å². The minimum Gasteiger partial charge on any atom is -0.354 e. The molecular formula is C22H13N2O+. The fourth-order valence-electron chi connectivity index (χ4n) is 3.41. The predicted octanol–water partition coefficient (Wildman–Crippen LogP) is 3.87. The Bertz CT molecular complexity index is 1260. The van der Waals surface area contributed by atoms with Crippen LogP contribution in [0.2, 0.25) is 0 Å². The Morgan fingerprint density at radius 1 is 0.880 bits per heavy atom. The highest BCUT2D eigenvalue weighted by atomic mass is 16.1. The first kappa shape index (κ1) is 13.8. The molecule has 0 spiro atoms. The third-order valence-electron chi connectivity index (χ3n) is 4.70. The lowest BCUT2D eigenvalue weighted by atomic mass is 9.92. The van der Waals surface area contributed by atoms with Gasteiger partial charge in [-0.25, -0.2) is 0 Å². The second-order valence-electron chi connectivity index (χ2n) is 6.16. The van der Waals surface area contributed by atoms with Gasteiger partial charge in [0.2, 0.25) is 5.43 Å². The van der Waals surface area contributed by atoms with Crippen LogP contribution >= 0.6 is 0 Å². The quantitative estimate of drug-likeness (QED) is 0.471. The van der Waals surface area contributed by atoms with Gasteiger partial charge in [0.15, 0.2) is 0 Å². The van der Waals surface area contributed by atoms with Crippen molar-refractivity contribution in [3.63, 3.8) is 0 Å². The number of anilines is 2. The molecule has 4 aromatic rings. The molecule has 116 valence electrons. The molecule has 0 amide bonds. The Kier molecular flexibility index (Phi) is 2.71. The highest BCUT2D eigenvalue weighted by molar-refractivity contribution is 6.01. The van der Waals surface area contributed by atoms with E-state index in [4.69, 9.17) is 0 Å². The van der Waals surface area contributed by atoms with Gasteiger partial charge in [-0.15, -0.1) is 0 Å². The maximum atomic E-state index is 13.0. The summed E-state index contributed by atoms with van der Waals surface area (Å²) in [5.41, 5.74) is 5.42. The molecule has 1 N–H and O–H groups in total. The van der Waals surface area contributed by atoms with Crippen LogP contribution < -0.4 is 15.7 Å². The van der Waals surface area contributed by atoms with Crippen LogP contribution in [0, 0.1) is 6.20 Å². The number of fused-ring (bicyclic) bond motifs is 4. The molecule has 3 nitrogen and oxygen atoms in total. The summed E-state index contributed by atoms with van der Waals surface area (Å²) in [6.07, 6.45) is 3.01. The lowest BCUT2D eigenvalue weighted by Gasteiger charge is -2.22. The minimum atomic E-state index is -0.0339. The van der Waals surface area contributed by atoms with E-state index in [-0.39, 0.29) is 5.43 Å². The van der Waals surface area contributed by atoms with Crippen molar-refractivity contribution >= 4 is 38.6 Å². The topological polar surface area (TPSA) is 43.2 Å². The molecule has 0 radical (unpaired) electrons. The number of aromatic nitrogens is 1. The lowest BCUT2D eigenvalue weighted by molar-refractivity contribution is -0.256. The molecule has 1 aromatic heterocycles. The summed E-state index contributed by atoms with van der Waals surface area (Å²) in [5.74, 6) is 0. The summed E-state index contributed by atoms with van der Waals surface area (Å²) in [6, 6.07) is 19.2. The molecule has 3 aromatic carbocycles. The highest BCUT2D eigenvalue weighted by Crippen LogP contribution is 2.40. The SMILES string of the molecule is C=C1c2ccccc2Nc2cc3c(=O)c4ccccc4c#[n+]c3cc21. The van der Waals surface area contributed by atoms with Crippen molar-refractivity contribution in [2.24, 2.45) is 0 Å². The fourth-order valence-corrected chi connectivity index (χ4v) is 3.41. The lowest BCUT2D eigenvalue weighted by Crippen LogP contribution is -2.08. The second-order valence-corrected chi connectivity index (χ2v) is 6.16. The summed E-state index contributed by atoms with van der Waals surface area (Å²) in [7, 11) is 0. The standard InChI is InChI=1S/C22H12N2O/c1-13-15-7-4-5-9-19(15)24-21-11-18-20(10-17(13)21)23-12-14-6-2-3-8-16(14)22(18)25/h2-11H,1H2/p+1. The highest BCUT2D eigenvalue weighted by Gasteiger charge is 2.22. The van der Waals surface area contributed by atoms with E-state index >= 15 is 0 Å². The molecule has 0 unspecified atom stereocenters. The molecular weight excluding hydrogens is 308 g/mol. The van der Waals surface area contributed by atoms with Gasteiger partial charge in [0.1, 0.15) is 10.8 Å². The first-order valence-electron chi connectivity index (χ1n) is 8.06. The van der Waals surface area contributed by atoms with E-state index in [1.807, 2.05) is 60.7 Å². The van der Waals surface area contributed by atoms with Gasteiger partial charge in [0, 0.05) is 34.0 Å². The Hall–Kier alpha value is -3.64. The number of hydrogen-bond acceptors (Lipinski definition) is 2. The molecule has 25 heavy (non-hydrogen) atoms. The van der Waals surface area contributed by atoms with Crippen molar-refractivity contribution in [2.75, 3.05) is 5.32 Å². The molecule has 2 heterocycles. The normalized spacial score (nSPS) is 12.2. The second kappa shape index (κ2) is 4.93. The fraction of sp³-hybridized carbons (Fsp3) is 0. The van der Waals surface area contributed by atoms with Crippen molar-refractivity contribution in [1.82, 2.24) is 0 Å². The van der Waals surface area contributed by atoms with Crippen molar-refractivity contribution in [1.29, 1.82) is 0 Å². The van der Waals surface area contributed by atoms with Crippen LogP contribution in [0.15, 0.2) is 72.0 Å². The molecule has 0 fully saturated rings. The number of hydrogen-bond donors (Lipinski definition) is 1. The zero-order valence-corrected chi connectivity index (χ0v) is 13.3. The maximum absolute atomic E-state index is 13.0. The van der Waals surface area contributed by atoms with E-state index in [9.17, 15) is 4.79 Å². The maximum Gasteiger partial charge on any atom is 0.352 e. The van der Waals surface area contributed by atoms with Crippen molar-refractivity contribution < 1.29 is 4.98 Å². The minimum absolute atomic E-state index is 0.0339. The van der Waals surface area contributed by atoms with Gasteiger partial charge < -0.3 is 5.32 Å². The van der Waals surface area contributed by atoms with E-state index in [1.54, 1.807) is 0 Å². The van der Waals surface area contributed by atoms with Crippen LogP contribution in [-0.2, 0) is 0 Å². The Labute approximate surface area is 144 Å². The van der Waals surface area contributed by atoms with E-state index in [0.717, 1.165) is 33.5 Å². The zero-order chi connectivity index (χ0) is 17.0. The first-order valence-corrected chi connectivity index (χ1v) is 8.06. The number of benzene rings is 3. The Morgan fingerprint density at radius 3 is 2.60 bits per heavy atom. The molecule has 0 bridgehead atoms. The summed E-state index contributed by atoms with van der Waals surface area (Å²) in [5, 5.41) is 5.33. The average Bonchev–Trinajstić information content (AvgIpc) is 2.78. The molecule has 0 saturated heterocycles. The van der Waals surface area contributed by atoms with Gasteiger partial charge >= 0.3 is 11.7 Å². The number of nitrogens with zero attached hydrogens (tertiary/aromatic N) is 1. The van der Waals surface area contributed by atoms with Crippen LogP contribution in [0.4, 0.5) is 11.4 Å². The van der Waals surface area contributed by atoms with Crippen LogP contribution in [0.5, 0.6) is 0 Å². The van der Waals surface area contributed by atoms with Gasteiger partial charge in [-0.3, -0.25) is 4.79 Å². The predicted molar refractivity (Wildman–Crippen MR) is 100 cm³/mol. The largest absolute Gasteiger partial charge is 0.354 e. The molecule has 1 aliphatic heterocycles. The summed E-state index contributed by atoms with van der Waals surface area (Å²) < 4.78 is 0. The summed E-state index contributed by atoms with van der Waals surface area (Å²) in [6.45, 7) is 4.24. The molecule has 0 saturated carbocycles. The smallest absolute Gasteiger partial charge is 0.352 e. The van der Waals surface area contributed by atoms with Gasteiger partial charge in [0.25, 0.3) is 0 Å². The first-order chi connectivity index (χ1) is 12.2. The number of nitrogens with one attached hydrogen (secondary N) is 1. The van der Waals surface area contributed by atoms with Crippen LogP contribution in [0.1, 0.15) is 11.1 Å². The van der Waals surface area contributed by atoms with Gasteiger partial charge in [0.05, 0.1) is 0 Å². The Balaban J connectivity index is 1.87. The van der Waals surface area contributed by atoms with E-state index in [2.05, 4.69) is 23.1 Å². The van der Waals surface area contributed by atoms with Crippen molar-refractivity contribution in [2.45, 2.75) is 0 Å². The Morgan fingerprint density at radius 2 is 1.68 bits per heavy atom. The van der Waals surface area contributed by atoms with Crippen molar-refractivity contribution in [3.05, 3.63) is 94.8 Å². The number of rotatable bonds is 0. The third kappa shape index (κ3) is 1.95. The molecule has 0 aliphatic carbocycles. The zero-order valence-electron chi connectivity index (χ0n) is 13.3. The van der Waals surface area contributed by atoms with Gasteiger partial charge in [-0.2, -0.15) is 0 Å². The molecule has 0 atom stereocenters. The van der Waals surface area contributed by atoms with Crippen molar-refractivity contribution in [3.8, 4) is 0 Å². The molecule has 5 rings (SSSR count). The summed E-state index contributed by atoms with van der Waals surface area (Å²) >= 11 is 0. The number of para-hydroxylation sites is 1. The van der Waals surface area contributed by atoms with Crippen LogP contribution in [0.25, 0.3) is 27.2 Å². The van der Waals surface area contributed by atoms with E-state index in [0.29, 0.717) is 16.3 Å². The average molecular weight is 321 g/mol. The molecule has 3 heteroatoms. The summed E-state index contributed by atoms with van der Waals surface area (Å²) in [4.78, 5) is 17.4. The molecule has 1 aliphatic rings. The van der Waals surface area contributed by atoms with Crippen LogP contribution in [-0.4, -0.2) is 0 Å². The monoisotopic (exact) mass is 321 g/mol. The third-order valence-corrected chi connectivity index (χ3v) is 4.70. The van der Waals surface area contributed by atoms with E-state index < -0.39 is 0 Å². The van der Waals surface area contributed by atoms with E-state index in [1.165, 1.54) is 0 Å².